The Morgan fingerprint density at radius 2 is 2.00 bits per heavy atom. The van der Waals surface area contributed by atoms with Crippen LogP contribution in [0.25, 0.3) is 0 Å². The number of hydrogen-bond donors (Lipinski definition) is 1. The van der Waals surface area contributed by atoms with Crippen LogP contribution in [0.1, 0.15) is 25.3 Å². The normalized spacial score (nSPS) is 13.8. The van der Waals surface area contributed by atoms with E-state index in [4.69, 9.17) is 0 Å². The summed E-state index contributed by atoms with van der Waals surface area (Å²) in [6.45, 7) is 1.35. The number of hydrogen-bond acceptors (Lipinski definition) is 2. The molecule has 0 saturated carbocycles. The second-order valence-corrected chi connectivity index (χ2v) is 4.39. The predicted molar refractivity (Wildman–Crippen MR) is 60.7 cm³/mol. The van der Waals surface area contributed by atoms with Crippen LogP contribution >= 0.6 is 15.9 Å². The first-order chi connectivity index (χ1) is 8.25. The van der Waals surface area contributed by atoms with E-state index in [1.165, 1.54) is 6.92 Å². The third-order valence-corrected chi connectivity index (χ3v) is 2.91. The molecule has 1 N–H and O–H groups in total. The van der Waals surface area contributed by atoms with E-state index < -0.39 is 24.2 Å². The minimum Gasteiger partial charge on any atom is -0.359 e. The third kappa shape index (κ3) is 3.79. The molecule has 2 nitrogen and oxygen atoms in total. The smallest absolute Gasteiger partial charge is 0.359 e. The lowest BCUT2D eigenvalue weighted by molar-refractivity contribution is -0.142. The molecule has 0 aromatic carbocycles. The number of nitrogens with zero attached hydrogens (tertiary/aromatic N) is 1. The lowest BCUT2D eigenvalue weighted by Crippen LogP contribution is -2.35. The first-order valence-electron chi connectivity index (χ1n) is 5.02. The molecule has 1 atom stereocenters. The fraction of sp³-hybridized carbons (Fsp3) is 0.500. The maximum Gasteiger partial charge on any atom is 0.408 e. The van der Waals surface area contributed by atoms with Gasteiger partial charge < -0.3 is 5.32 Å². The summed E-state index contributed by atoms with van der Waals surface area (Å²) >= 11 is 2.86. The summed E-state index contributed by atoms with van der Waals surface area (Å²) in [5, 5.41) is 2.10. The SMILES string of the molecule is CC[C@H](Nc1cc(C(F)F)c(Br)cn1)C(F)(F)F. The topological polar surface area (TPSA) is 24.9 Å². The van der Waals surface area contributed by atoms with E-state index in [0.29, 0.717) is 0 Å². The number of aromatic nitrogens is 1. The van der Waals surface area contributed by atoms with Gasteiger partial charge in [-0.25, -0.2) is 13.8 Å². The van der Waals surface area contributed by atoms with E-state index in [1.54, 1.807) is 0 Å². The van der Waals surface area contributed by atoms with Gasteiger partial charge in [0.2, 0.25) is 0 Å². The number of alkyl halides is 5. The molecule has 1 heterocycles. The average Bonchev–Trinajstić information content (AvgIpc) is 2.25. The van der Waals surface area contributed by atoms with Crippen molar-refractivity contribution < 1.29 is 22.0 Å². The molecule has 0 amide bonds. The van der Waals surface area contributed by atoms with Crippen LogP contribution in [0.15, 0.2) is 16.7 Å². The van der Waals surface area contributed by atoms with Crippen LogP contribution in [0.5, 0.6) is 0 Å². The molecule has 8 heteroatoms. The van der Waals surface area contributed by atoms with Crippen LogP contribution in [0.2, 0.25) is 0 Å². The van der Waals surface area contributed by atoms with Gasteiger partial charge >= 0.3 is 6.18 Å². The van der Waals surface area contributed by atoms with Crippen molar-refractivity contribution in [3.63, 3.8) is 0 Å². The highest BCUT2D eigenvalue weighted by Gasteiger charge is 2.38. The van der Waals surface area contributed by atoms with Gasteiger partial charge in [-0.05, 0) is 28.4 Å². The molecule has 0 radical (unpaired) electrons. The zero-order valence-corrected chi connectivity index (χ0v) is 10.8. The lowest BCUT2D eigenvalue weighted by atomic mass is 10.2. The van der Waals surface area contributed by atoms with Crippen LogP contribution in [-0.4, -0.2) is 17.2 Å². The van der Waals surface area contributed by atoms with Gasteiger partial charge in [-0.3, -0.25) is 0 Å². The third-order valence-electron chi connectivity index (χ3n) is 2.25. The summed E-state index contributed by atoms with van der Waals surface area (Å²) in [5.41, 5.74) is -0.399. The fourth-order valence-electron chi connectivity index (χ4n) is 1.29. The van der Waals surface area contributed by atoms with Crippen molar-refractivity contribution in [1.82, 2.24) is 4.98 Å². The Morgan fingerprint density at radius 1 is 1.39 bits per heavy atom. The Kier molecular flexibility index (Phi) is 4.89. The van der Waals surface area contributed by atoms with Crippen molar-refractivity contribution in [3.05, 3.63) is 22.3 Å². The molecule has 0 spiro atoms. The van der Waals surface area contributed by atoms with Gasteiger partial charge in [-0.2, -0.15) is 13.2 Å². The van der Waals surface area contributed by atoms with Crippen molar-refractivity contribution >= 4 is 21.7 Å². The van der Waals surface area contributed by atoms with E-state index in [9.17, 15) is 22.0 Å². The Bertz CT molecular complexity index is 408. The van der Waals surface area contributed by atoms with Crippen LogP contribution in [-0.2, 0) is 0 Å². The minimum atomic E-state index is -4.45. The molecule has 0 bridgehead atoms. The summed E-state index contributed by atoms with van der Waals surface area (Å²) in [6, 6.07) is -0.903. The van der Waals surface area contributed by atoms with Crippen molar-refractivity contribution in [2.75, 3.05) is 5.32 Å². The van der Waals surface area contributed by atoms with Crippen LogP contribution in [0.4, 0.5) is 27.8 Å². The van der Waals surface area contributed by atoms with E-state index in [2.05, 4.69) is 26.2 Å². The zero-order valence-electron chi connectivity index (χ0n) is 9.23. The molecule has 0 unspecified atom stereocenters. The largest absolute Gasteiger partial charge is 0.408 e. The van der Waals surface area contributed by atoms with E-state index in [0.717, 1.165) is 12.3 Å². The van der Waals surface area contributed by atoms with Crippen LogP contribution < -0.4 is 5.32 Å². The monoisotopic (exact) mass is 332 g/mol. The Hall–Kier alpha value is -0.920. The molecular formula is C10H10BrF5N2. The molecule has 1 aromatic rings. The molecule has 0 aliphatic carbocycles. The number of pyridine rings is 1. The van der Waals surface area contributed by atoms with E-state index >= 15 is 0 Å². The Morgan fingerprint density at radius 3 is 2.44 bits per heavy atom. The van der Waals surface area contributed by atoms with Crippen molar-refractivity contribution in [1.29, 1.82) is 0 Å². The first-order valence-corrected chi connectivity index (χ1v) is 5.81. The highest BCUT2D eigenvalue weighted by molar-refractivity contribution is 9.10. The quantitative estimate of drug-likeness (QED) is 0.819. The van der Waals surface area contributed by atoms with E-state index in [1.807, 2.05) is 0 Å². The summed E-state index contributed by atoms with van der Waals surface area (Å²) in [5.74, 6) is -0.224. The molecule has 1 rings (SSSR count). The van der Waals surface area contributed by atoms with Gasteiger partial charge in [0, 0.05) is 16.2 Å². The summed E-state index contributed by atoms with van der Waals surface area (Å²) < 4.78 is 62.7. The molecular weight excluding hydrogens is 323 g/mol. The highest BCUT2D eigenvalue weighted by Crippen LogP contribution is 2.30. The van der Waals surface area contributed by atoms with Crippen LogP contribution in [0.3, 0.4) is 0 Å². The minimum absolute atomic E-state index is 0.0584. The fourth-order valence-corrected chi connectivity index (χ4v) is 1.68. The van der Waals surface area contributed by atoms with Gasteiger partial charge in [0.15, 0.2) is 0 Å². The van der Waals surface area contributed by atoms with Gasteiger partial charge in [0.1, 0.15) is 11.9 Å². The average molecular weight is 333 g/mol. The zero-order chi connectivity index (χ0) is 13.9. The van der Waals surface area contributed by atoms with Crippen molar-refractivity contribution in [3.8, 4) is 0 Å². The van der Waals surface area contributed by atoms with Gasteiger partial charge in [-0.15, -0.1) is 0 Å². The molecule has 0 saturated heterocycles. The highest BCUT2D eigenvalue weighted by atomic mass is 79.9. The van der Waals surface area contributed by atoms with Gasteiger partial charge in [0.05, 0.1) is 0 Å². The molecule has 1 aromatic heterocycles. The van der Waals surface area contributed by atoms with Gasteiger partial charge in [0.25, 0.3) is 6.43 Å². The number of anilines is 1. The summed E-state index contributed by atoms with van der Waals surface area (Å²) in [7, 11) is 0. The number of halogens is 6. The molecule has 0 aliphatic rings. The number of rotatable bonds is 4. The standard InChI is InChI=1S/C10H10BrF5N2/c1-2-7(10(14,15)16)18-8-3-5(9(12)13)6(11)4-17-8/h3-4,7,9H,2H2,1H3,(H,17,18)/t7-/m0/s1. The molecule has 0 aliphatic heterocycles. The molecule has 102 valence electrons. The number of nitrogens with one attached hydrogen (secondary N) is 1. The maximum absolute atomic E-state index is 12.6. The second-order valence-electron chi connectivity index (χ2n) is 3.54. The van der Waals surface area contributed by atoms with Crippen molar-refractivity contribution in [2.45, 2.75) is 32.0 Å². The molecule has 18 heavy (non-hydrogen) atoms. The first kappa shape index (κ1) is 15.1. The maximum atomic E-state index is 12.6. The Balaban J connectivity index is 2.94. The summed E-state index contributed by atoms with van der Waals surface area (Å²) in [6.07, 6.45) is -6.40. The Labute approximate surface area is 109 Å². The summed E-state index contributed by atoms with van der Waals surface area (Å²) in [4.78, 5) is 3.63. The van der Waals surface area contributed by atoms with E-state index in [-0.39, 0.29) is 16.7 Å². The lowest BCUT2D eigenvalue weighted by Gasteiger charge is -2.21. The van der Waals surface area contributed by atoms with Gasteiger partial charge in [-0.1, -0.05) is 6.92 Å². The second kappa shape index (κ2) is 5.81. The predicted octanol–water partition coefficient (Wildman–Crippen LogP) is 4.53. The van der Waals surface area contributed by atoms with Crippen molar-refractivity contribution in [2.24, 2.45) is 0 Å². The van der Waals surface area contributed by atoms with Crippen LogP contribution in [0, 0.1) is 0 Å². The molecule has 0 fully saturated rings.